The van der Waals surface area contributed by atoms with Crippen LogP contribution in [0.2, 0.25) is 0 Å². The zero-order valence-corrected chi connectivity index (χ0v) is 18.6. The van der Waals surface area contributed by atoms with E-state index in [1.54, 1.807) is 7.11 Å². The van der Waals surface area contributed by atoms with Gasteiger partial charge in [0.25, 0.3) is 11.5 Å². The highest BCUT2D eigenvalue weighted by molar-refractivity contribution is 6.01. The van der Waals surface area contributed by atoms with Crippen molar-refractivity contribution in [3.05, 3.63) is 109 Å². The lowest BCUT2D eigenvalue weighted by Gasteiger charge is -2.07. The molecular weight excluding hydrogens is 406 g/mol. The molecular formula is C29H24N3O+. The maximum Gasteiger partial charge on any atom is 0.293 e. The van der Waals surface area contributed by atoms with Gasteiger partial charge in [0.05, 0.1) is 7.11 Å². The topological polar surface area (TPSA) is 29.8 Å². The van der Waals surface area contributed by atoms with Crippen molar-refractivity contribution < 1.29 is 9.14 Å². The van der Waals surface area contributed by atoms with Crippen molar-refractivity contribution in [2.24, 2.45) is 0 Å². The second-order valence-corrected chi connectivity index (χ2v) is 8.23. The number of aryl methyl sites for hydroxylation is 1. The molecule has 1 N–H and O–H groups in total. The van der Waals surface area contributed by atoms with Crippen LogP contribution >= 0.6 is 0 Å². The summed E-state index contributed by atoms with van der Waals surface area (Å²) in [6.45, 7) is 2.15. The first-order valence-electron chi connectivity index (χ1n) is 11.1. The maximum atomic E-state index is 5.35. The van der Waals surface area contributed by atoms with Crippen LogP contribution in [-0.2, 0) is 0 Å². The summed E-state index contributed by atoms with van der Waals surface area (Å²) in [5.41, 5.74) is 6.78. The lowest BCUT2D eigenvalue weighted by molar-refractivity contribution is -0.467. The summed E-state index contributed by atoms with van der Waals surface area (Å²) in [6, 6.07) is 36.0. The Morgan fingerprint density at radius 1 is 0.788 bits per heavy atom. The fourth-order valence-corrected chi connectivity index (χ4v) is 4.68. The molecule has 6 rings (SSSR count). The number of pyridine rings is 2. The van der Waals surface area contributed by atoms with Gasteiger partial charge in [0.15, 0.2) is 0 Å². The molecule has 0 unspecified atom stereocenters. The molecule has 160 valence electrons. The van der Waals surface area contributed by atoms with Crippen LogP contribution in [0.5, 0.6) is 5.75 Å². The molecule has 4 heteroatoms. The fourth-order valence-electron chi connectivity index (χ4n) is 4.68. The van der Waals surface area contributed by atoms with Gasteiger partial charge in [-0.05, 0) is 54.8 Å². The summed E-state index contributed by atoms with van der Waals surface area (Å²) < 4.78 is 10.0. The number of nitrogens with zero attached hydrogens (tertiary/aromatic N) is 2. The first-order valence-corrected chi connectivity index (χ1v) is 11.1. The van der Waals surface area contributed by atoms with Gasteiger partial charge < -0.3 is 10.1 Å². The Morgan fingerprint density at radius 2 is 1.55 bits per heavy atom. The molecule has 3 aromatic heterocycles. The minimum Gasteiger partial charge on any atom is -0.497 e. The molecule has 0 aliphatic carbocycles. The fraction of sp³-hybridized carbons (Fsp3) is 0.0690. The molecule has 33 heavy (non-hydrogen) atoms. The normalized spacial score (nSPS) is 11.3. The smallest absolute Gasteiger partial charge is 0.293 e. The van der Waals surface area contributed by atoms with Crippen molar-refractivity contribution in [3.8, 4) is 17.0 Å². The lowest BCUT2D eigenvalue weighted by atomic mass is 10.1. The molecule has 0 spiro atoms. The highest BCUT2D eigenvalue weighted by atomic mass is 16.5. The molecule has 0 aliphatic rings. The molecule has 0 aliphatic heterocycles. The minimum atomic E-state index is 0.841. The van der Waals surface area contributed by atoms with E-state index in [1.165, 1.54) is 16.3 Å². The Morgan fingerprint density at radius 3 is 2.33 bits per heavy atom. The summed E-state index contributed by atoms with van der Waals surface area (Å²) in [7, 11) is 1.69. The Bertz CT molecular complexity index is 1620. The zero-order chi connectivity index (χ0) is 22.4. The molecule has 0 amide bonds. The number of ether oxygens (including phenoxy) is 1. The predicted octanol–water partition coefficient (Wildman–Crippen LogP) is 6.56. The molecule has 0 saturated carbocycles. The van der Waals surface area contributed by atoms with Gasteiger partial charge in [0, 0.05) is 22.7 Å². The second-order valence-electron chi connectivity index (χ2n) is 8.23. The second kappa shape index (κ2) is 7.68. The molecule has 0 fully saturated rings. The van der Waals surface area contributed by atoms with Crippen molar-refractivity contribution in [3.63, 3.8) is 0 Å². The molecule has 0 saturated heterocycles. The van der Waals surface area contributed by atoms with Crippen molar-refractivity contribution >= 4 is 33.4 Å². The standard InChI is InChI=1S/C29H24N3O/c1-20-9-8-14-27-31(20)29(30-23-15-17-24(33-2)18-16-23)28-25-13-7-6-12-22(25)19-26(32(27)28)21-10-4-3-5-11-21/h3-19,30H,1-2H3/q+1. The van der Waals surface area contributed by atoms with Crippen LogP contribution in [0.1, 0.15) is 5.69 Å². The quantitative estimate of drug-likeness (QED) is 0.321. The van der Waals surface area contributed by atoms with Crippen LogP contribution in [0.15, 0.2) is 103 Å². The van der Waals surface area contributed by atoms with E-state index in [9.17, 15) is 0 Å². The van der Waals surface area contributed by atoms with Gasteiger partial charge in [-0.2, -0.15) is 8.80 Å². The first kappa shape index (κ1) is 19.4. The molecule has 3 aromatic carbocycles. The average Bonchev–Trinajstić information content (AvgIpc) is 3.20. The van der Waals surface area contributed by atoms with E-state index in [2.05, 4.69) is 112 Å². The highest BCUT2D eigenvalue weighted by Crippen LogP contribution is 2.33. The largest absolute Gasteiger partial charge is 0.497 e. The predicted molar refractivity (Wildman–Crippen MR) is 135 cm³/mol. The number of fused-ring (bicyclic) bond motifs is 5. The third-order valence-electron chi connectivity index (χ3n) is 6.24. The molecule has 0 atom stereocenters. The summed E-state index contributed by atoms with van der Waals surface area (Å²) in [4.78, 5) is 0. The number of rotatable bonds is 4. The Labute approximate surface area is 192 Å². The van der Waals surface area contributed by atoms with Gasteiger partial charge in [-0.1, -0.05) is 54.6 Å². The monoisotopic (exact) mass is 430 g/mol. The van der Waals surface area contributed by atoms with Crippen LogP contribution in [0.3, 0.4) is 0 Å². The maximum absolute atomic E-state index is 5.35. The molecule has 3 heterocycles. The Hall–Kier alpha value is -4.31. The van der Waals surface area contributed by atoms with E-state index in [0.29, 0.717) is 0 Å². The van der Waals surface area contributed by atoms with Gasteiger partial charge >= 0.3 is 0 Å². The van der Waals surface area contributed by atoms with E-state index >= 15 is 0 Å². The number of hydrogen-bond acceptors (Lipinski definition) is 2. The van der Waals surface area contributed by atoms with E-state index in [0.717, 1.165) is 39.8 Å². The zero-order valence-electron chi connectivity index (χ0n) is 18.6. The van der Waals surface area contributed by atoms with Crippen molar-refractivity contribution in [2.45, 2.75) is 6.92 Å². The Kier molecular flexibility index (Phi) is 4.51. The van der Waals surface area contributed by atoms with Crippen LogP contribution in [-0.4, -0.2) is 11.5 Å². The average molecular weight is 431 g/mol. The summed E-state index contributed by atoms with van der Waals surface area (Å²) >= 11 is 0. The number of nitrogens with one attached hydrogen (secondary N) is 1. The van der Waals surface area contributed by atoms with Gasteiger partial charge in [0.1, 0.15) is 17.1 Å². The van der Waals surface area contributed by atoms with E-state index < -0.39 is 0 Å². The van der Waals surface area contributed by atoms with Crippen molar-refractivity contribution in [1.82, 2.24) is 4.40 Å². The number of hydrogen-bond donors (Lipinski definition) is 1. The van der Waals surface area contributed by atoms with Crippen LogP contribution in [0, 0.1) is 6.92 Å². The molecule has 4 nitrogen and oxygen atoms in total. The first-order chi connectivity index (χ1) is 16.2. The summed E-state index contributed by atoms with van der Waals surface area (Å²) in [6.07, 6.45) is 0. The minimum absolute atomic E-state index is 0.841. The third-order valence-corrected chi connectivity index (χ3v) is 6.24. The van der Waals surface area contributed by atoms with Crippen LogP contribution in [0.4, 0.5) is 11.5 Å². The number of anilines is 2. The summed E-state index contributed by atoms with van der Waals surface area (Å²) in [5, 5.41) is 6.14. The number of aromatic nitrogens is 2. The van der Waals surface area contributed by atoms with Gasteiger partial charge in [-0.25, -0.2) is 0 Å². The summed E-state index contributed by atoms with van der Waals surface area (Å²) in [5.74, 6) is 1.88. The van der Waals surface area contributed by atoms with Gasteiger partial charge in [0.2, 0.25) is 5.52 Å². The third kappa shape index (κ3) is 3.11. The number of methoxy groups -OCH3 is 1. The van der Waals surface area contributed by atoms with E-state index in [-0.39, 0.29) is 0 Å². The SMILES string of the molecule is COc1ccc(Nc2c3c4ccccc4cc(-c4ccccc4)[n+]3c3cccc(C)n23)cc1. The van der Waals surface area contributed by atoms with Gasteiger partial charge in [-0.3, -0.25) is 0 Å². The number of benzene rings is 3. The van der Waals surface area contributed by atoms with Gasteiger partial charge in [-0.15, -0.1) is 0 Å². The number of imidazole rings is 1. The Balaban J connectivity index is 1.75. The molecule has 0 radical (unpaired) electrons. The van der Waals surface area contributed by atoms with Crippen molar-refractivity contribution in [1.29, 1.82) is 0 Å². The molecule has 0 bridgehead atoms. The lowest BCUT2D eigenvalue weighted by Crippen LogP contribution is -2.24. The molecule has 6 aromatic rings. The van der Waals surface area contributed by atoms with E-state index in [1.807, 2.05) is 12.1 Å². The van der Waals surface area contributed by atoms with Crippen molar-refractivity contribution in [2.75, 3.05) is 12.4 Å². The highest BCUT2D eigenvalue weighted by Gasteiger charge is 2.27. The van der Waals surface area contributed by atoms with Crippen LogP contribution in [0.25, 0.3) is 33.2 Å². The van der Waals surface area contributed by atoms with E-state index in [4.69, 9.17) is 4.74 Å². The van der Waals surface area contributed by atoms with Crippen LogP contribution < -0.4 is 14.5 Å².